The Balaban J connectivity index is 1.72. The maximum Gasteiger partial charge on any atom is 0.257 e. The number of benzene rings is 1. The molecule has 1 fully saturated rings. The summed E-state index contributed by atoms with van der Waals surface area (Å²) < 4.78 is 15.9. The largest absolute Gasteiger partial charge is 0.493 e. The van der Waals surface area contributed by atoms with Crippen molar-refractivity contribution in [2.24, 2.45) is 5.92 Å². The quantitative estimate of drug-likeness (QED) is 0.817. The number of rotatable bonds is 6. The average Bonchev–Trinajstić information content (AvgIpc) is 2.73. The van der Waals surface area contributed by atoms with Crippen LogP contribution in [-0.2, 0) is 0 Å². The molecule has 1 aromatic carbocycles. The van der Waals surface area contributed by atoms with Crippen molar-refractivity contribution < 1.29 is 19.0 Å². The van der Waals surface area contributed by atoms with Gasteiger partial charge in [-0.3, -0.25) is 4.79 Å². The Labute approximate surface area is 164 Å². The molecule has 1 aliphatic heterocycles. The van der Waals surface area contributed by atoms with Gasteiger partial charge in [0.25, 0.3) is 5.91 Å². The number of piperidine rings is 1. The van der Waals surface area contributed by atoms with E-state index in [1.807, 2.05) is 6.07 Å². The fourth-order valence-electron chi connectivity index (χ4n) is 3.20. The van der Waals surface area contributed by atoms with Gasteiger partial charge in [0.1, 0.15) is 0 Å². The number of amides is 1. The molecule has 8 nitrogen and oxygen atoms in total. The van der Waals surface area contributed by atoms with Crippen LogP contribution in [0.25, 0.3) is 0 Å². The van der Waals surface area contributed by atoms with Crippen molar-refractivity contribution in [1.82, 2.24) is 10.2 Å². The maximum absolute atomic E-state index is 12.6. The van der Waals surface area contributed by atoms with E-state index in [1.54, 1.807) is 18.2 Å². The van der Waals surface area contributed by atoms with E-state index >= 15 is 0 Å². The number of methoxy groups -OCH3 is 3. The third kappa shape index (κ3) is 4.27. The zero-order chi connectivity index (χ0) is 20.1. The van der Waals surface area contributed by atoms with Crippen molar-refractivity contribution in [2.75, 3.05) is 44.6 Å². The first-order chi connectivity index (χ1) is 13.5. The Morgan fingerprint density at radius 1 is 1.04 bits per heavy atom. The molecule has 1 N–H and O–H groups in total. The van der Waals surface area contributed by atoms with Gasteiger partial charge in [-0.05, 0) is 43.0 Å². The van der Waals surface area contributed by atoms with E-state index in [9.17, 15) is 4.79 Å². The van der Waals surface area contributed by atoms with E-state index in [1.165, 1.54) is 21.3 Å². The number of nitrogens with zero attached hydrogens (tertiary/aromatic N) is 3. The molecule has 1 amide bonds. The van der Waals surface area contributed by atoms with Gasteiger partial charge in [0.05, 0.1) is 21.3 Å². The smallest absolute Gasteiger partial charge is 0.257 e. The molecule has 0 atom stereocenters. The second-order valence-electron chi connectivity index (χ2n) is 6.81. The van der Waals surface area contributed by atoms with Crippen molar-refractivity contribution in [3.63, 3.8) is 0 Å². The molecular formula is C20H26N4O4. The minimum absolute atomic E-state index is 0.340. The van der Waals surface area contributed by atoms with Crippen molar-refractivity contribution in [3.8, 4) is 17.2 Å². The average molecular weight is 386 g/mol. The summed E-state index contributed by atoms with van der Waals surface area (Å²) in [7, 11) is 4.52. The summed E-state index contributed by atoms with van der Waals surface area (Å²) in [6, 6.07) is 6.82. The number of nitrogens with one attached hydrogen (secondary N) is 1. The van der Waals surface area contributed by atoms with Gasteiger partial charge in [0.2, 0.25) is 5.75 Å². The fraction of sp³-hybridized carbons (Fsp3) is 0.450. The molecule has 0 aliphatic carbocycles. The van der Waals surface area contributed by atoms with Crippen LogP contribution in [0.15, 0.2) is 24.3 Å². The van der Waals surface area contributed by atoms with Crippen LogP contribution in [0.2, 0.25) is 0 Å². The molecular weight excluding hydrogens is 360 g/mol. The molecule has 1 aromatic heterocycles. The molecule has 2 heterocycles. The number of aromatic nitrogens is 2. The lowest BCUT2D eigenvalue weighted by Gasteiger charge is -2.30. The van der Waals surface area contributed by atoms with Crippen LogP contribution in [-0.4, -0.2) is 50.5 Å². The summed E-state index contributed by atoms with van der Waals surface area (Å²) >= 11 is 0. The summed E-state index contributed by atoms with van der Waals surface area (Å²) in [4.78, 5) is 14.9. The summed E-state index contributed by atoms with van der Waals surface area (Å²) in [5, 5.41) is 11.2. The topological polar surface area (TPSA) is 85.8 Å². The lowest BCUT2D eigenvalue weighted by molar-refractivity contribution is 0.102. The van der Waals surface area contributed by atoms with Gasteiger partial charge < -0.3 is 24.4 Å². The highest BCUT2D eigenvalue weighted by Gasteiger charge is 2.19. The van der Waals surface area contributed by atoms with Crippen LogP contribution in [0.1, 0.15) is 30.1 Å². The highest BCUT2D eigenvalue weighted by Crippen LogP contribution is 2.38. The highest BCUT2D eigenvalue weighted by molar-refractivity contribution is 6.04. The Hall–Kier alpha value is -3.03. The summed E-state index contributed by atoms with van der Waals surface area (Å²) in [5.41, 5.74) is 0.366. The first kappa shape index (κ1) is 19.7. The molecule has 1 aliphatic rings. The number of anilines is 2. The molecule has 3 rings (SSSR count). The lowest BCUT2D eigenvalue weighted by atomic mass is 9.99. The zero-order valence-electron chi connectivity index (χ0n) is 16.7. The Morgan fingerprint density at radius 2 is 1.68 bits per heavy atom. The van der Waals surface area contributed by atoms with Gasteiger partial charge in [-0.1, -0.05) is 6.92 Å². The van der Waals surface area contributed by atoms with Gasteiger partial charge in [-0.25, -0.2) is 0 Å². The van der Waals surface area contributed by atoms with Crippen LogP contribution >= 0.6 is 0 Å². The van der Waals surface area contributed by atoms with E-state index in [0.717, 1.165) is 37.7 Å². The monoisotopic (exact) mass is 386 g/mol. The number of carbonyl (C=O) groups excluding carboxylic acids is 1. The third-order valence-electron chi connectivity index (χ3n) is 4.93. The fourth-order valence-corrected chi connectivity index (χ4v) is 3.20. The molecule has 28 heavy (non-hydrogen) atoms. The molecule has 150 valence electrons. The third-order valence-corrected chi connectivity index (χ3v) is 4.93. The molecule has 2 aromatic rings. The summed E-state index contributed by atoms with van der Waals surface area (Å²) in [5.74, 6) is 2.88. The van der Waals surface area contributed by atoms with Crippen LogP contribution in [0.4, 0.5) is 11.6 Å². The van der Waals surface area contributed by atoms with E-state index in [4.69, 9.17) is 14.2 Å². The van der Waals surface area contributed by atoms with E-state index in [0.29, 0.717) is 28.6 Å². The van der Waals surface area contributed by atoms with E-state index < -0.39 is 0 Å². The maximum atomic E-state index is 12.6. The number of carbonyl (C=O) groups is 1. The molecule has 0 unspecified atom stereocenters. The minimum atomic E-state index is -0.340. The standard InChI is InChI=1S/C20H26N4O4/c1-13-7-9-24(10-8-13)18-6-5-17(22-23-18)21-20(25)14-11-15(26-2)19(28-4)16(12-14)27-3/h5-6,11-13H,7-10H2,1-4H3,(H,21,22,25). The Bertz CT molecular complexity index is 792. The van der Waals surface area contributed by atoms with Gasteiger partial charge >= 0.3 is 0 Å². The van der Waals surface area contributed by atoms with Gasteiger partial charge in [-0.15, -0.1) is 10.2 Å². The van der Waals surface area contributed by atoms with Gasteiger partial charge in [-0.2, -0.15) is 0 Å². The normalized spacial score (nSPS) is 14.5. The van der Waals surface area contributed by atoms with Crippen molar-refractivity contribution in [1.29, 1.82) is 0 Å². The SMILES string of the molecule is COc1cc(C(=O)Nc2ccc(N3CCC(C)CC3)nn2)cc(OC)c1OC. The van der Waals surface area contributed by atoms with Crippen LogP contribution in [0.5, 0.6) is 17.2 Å². The lowest BCUT2D eigenvalue weighted by Crippen LogP contribution is -2.33. The summed E-state index contributed by atoms with van der Waals surface area (Å²) in [6.45, 7) is 4.23. The second-order valence-corrected chi connectivity index (χ2v) is 6.81. The minimum Gasteiger partial charge on any atom is -0.493 e. The van der Waals surface area contributed by atoms with E-state index in [2.05, 4.69) is 27.3 Å². The number of hydrogen-bond donors (Lipinski definition) is 1. The molecule has 8 heteroatoms. The molecule has 0 bridgehead atoms. The molecule has 1 saturated heterocycles. The van der Waals surface area contributed by atoms with Crippen LogP contribution in [0.3, 0.4) is 0 Å². The molecule has 0 saturated carbocycles. The number of hydrogen-bond acceptors (Lipinski definition) is 7. The van der Waals surface area contributed by atoms with Crippen LogP contribution in [0, 0.1) is 5.92 Å². The van der Waals surface area contributed by atoms with Crippen molar-refractivity contribution >= 4 is 17.5 Å². The first-order valence-electron chi connectivity index (χ1n) is 9.25. The second kappa shape index (κ2) is 8.77. The van der Waals surface area contributed by atoms with Crippen molar-refractivity contribution in [3.05, 3.63) is 29.8 Å². The summed E-state index contributed by atoms with van der Waals surface area (Å²) in [6.07, 6.45) is 2.31. The highest BCUT2D eigenvalue weighted by atomic mass is 16.5. The zero-order valence-corrected chi connectivity index (χ0v) is 16.7. The van der Waals surface area contributed by atoms with Gasteiger partial charge in [0, 0.05) is 18.7 Å². The Morgan fingerprint density at radius 3 is 2.18 bits per heavy atom. The predicted octanol–water partition coefficient (Wildman–Crippen LogP) is 2.99. The predicted molar refractivity (Wildman–Crippen MR) is 107 cm³/mol. The molecule has 0 radical (unpaired) electrons. The van der Waals surface area contributed by atoms with Crippen LogP contribution < -0.4 is 24.4 Å². The van der Waals surface area contributed by atoms with E-state index in [-0.39, 0.29) is 5.91 Å². The Kier molecular flexibility index (Phi) is 6.18. The van der Waals surface area contributed by atoms with Gasteiger partial charge in [0.15, 0.2) is 23.1 Å². The first-order valence-corrected chi connectivity index (χ1v) is 9.25. The molecule has 0 spiro atoms. The van der Waals surface area contributed by atoms with Crippen molar-refractivity contribution in [2.45, 2.75) is 19.8 Å². The number of ether oxygens (including phenoxy) is 3.